The Labute approximate surface area is 103 Å². The Bertz CT molecular complexity index is 394. The lowest BCUT2D eigenvalue weighted by atomic mass is 10.2. The highest BCUT2D eigenvalue weighted by Gasteiger charge is 2.17. The van der Waals surface area contributed by atoms with Crippen LogP contribution in [0.2, 0.25) is 5.15 Å². The molecule has 0 aliphatic carbocycles. The maximum atomic E-state index is 11.0. The molecule has 17 heavy (non-hydrogen) atoms. The van der Waals surface area contributed by atoms with E-state index >= 15 is 0 Å². The molecular weight excluding hydrogens is 248 g/mol. The second-order valence-electron chi connectivity index (χ2n) is 3.24. The maximum Gasteiger partial charge on any atom is 0.339 e. The summed E-state index contributed by atoms with van der Waals surface area (Å²) in [6.45, 7) is 0.00285. The molecule has 0 aliphatic heterocycles. The van der Waals surface area contributed by atoms with Crippen LogP contribution in [0.1, 0.15) is 10.4 Å². The molecule has 0 radical (unpaired) electrons. The topological polar surface area (TPSA) is 93.9 Å². The number of nitrogens with zero attached hydrogens (tertiary/aromatic N) is 2. The number of hydrogen-bond donors (Lipinski definition) is 3. The van der Waals surface area contributed by atoms with Gasteiger partial charge >= 0.3 is 5.97 Å². The number of hydrogen-bond acceptors (Lipinski definition) is 5. The van der Waals surface area contributed by atoms with Crippen molar-refractivity contribution in [1.29, 1.82) is 0 Å². The molecule has 3 N–H and O–H groups in total. The number of aliphatic hydroxyl groups is 2. The molecule has 94 valence electrons. The average molecular weight is 261 g/mol. The molecule has 1 heterocycles. The summed E-state index contributed by atoms with van der Waals surface area (Å²) in [6.07, 6.45) is 0. The number of halogens is 1. The van der Waals surface area contributed by atoms with E-state index in [4.69, 9.17) is 26.9 Å². The third kappa shape index (κ3) is 3.55. The normalized spacial score (nSPS) is 10.3. The van der Waals surface area contributed by atoms with Crippen molar-refractivity contribution in [2.24, 2.45) is 0 Å². The summed E-state index contributed by atoms with van der Waals surface area (Å²) >= 11 is 5.71. The largest absolute Gasteiger partial charge is 0.478 e. The molecule has 0 aromatic carbocycles. The Morgan fingerprint density at radius 1 is 1.29 bits per heavy atom. The average Bonchev–Trinajstić information content (AvgIpc) is 2.28. The van der Waals surface area contributed by atoms with Crippen LogP contribution in [0.3, 0.4) is 0 Å². The van der Waals surface area contributed by atoms with Crippen molar-refractivity contribution in [3.05, 3.63) is 22.8 Å². The number of aromatic nitrogens is 1. The van der Waals surface area contributed by atoms with Gasteiger partial charge in [0.2, 0.25) is 0 Å². The van der Waals surface area contributed by atoms with Gasteiger partial charge in [-0.2, -0.15) is 0 Å². The van der Waals surface area contributed by atoms with Gasteiger partial charge in [-0.25, -0.2) is 9.78 Å². The van der Waals surface area contributed by atoms with Gasteiger partial charge in [0.1, 0.15) is 16.5 Å². The summed E-state index contributed by atoms with van der Waals surface area (Å²) in [5.74, 6) is -0.988. The van der Waals surface area contributed by atoms with Crippen LogP contribution in [0.25, 0.3) is 0 Å². The van der Waals surface area contributed by atoms with E-state index in [1.165, 1.54) is 17.0 Å². The summed E-state index contributed by atoms with van der Waals surface area (Å²) in [6, 6.07) is 2.72. The van der Waals surface area contributed by atoms with E-state index in [-0.39, 0.29) is 42.8 Å². The molecule has 1 rings (SSSR count). The second-order valence-corrected chi connectivity index (χ2v) is 3.63. The molecule has 0 amide bonds. The van der Waals surface area contributed by atoms with Gasteiger partial charge in [-0.05, 0) is 12.1 Å². The molecule has 0 bridgehead atoms. The second kappa shape index (κ2) is 6.39. The molecule has 1 aromatic rings. The van der Waals surface area contributed by atoms with Crippen LogP contribution in [0.15, 0.2) is 12.1 Å². The molecule has 0 spiro atoms. The molecule has 0 unspecified atom stereocenters. The van der Waals surface area contributed by atoms with Crippen LogP contribution >= 0.6 is 11.6 Å². The predicted molar refractivity (Wildman–Crippen MR) is 62.6 cm³/mol. The van der Waals surface area contributed by atoms with E-state index in [1.807, 2.05) is 0 Å². The van der Waals surface area contributed by atoms with Gasteiger partial charge in [-0.1, -0.05) is 11.6 Å². The van der Waals surface area contributed by atoms with Crippen LogP contribution in [-0.2, 0) is 0 Å². The lowest BCUT2D eigenvalue weighted by Gasteiger charge is -2.23. The predicted octanol–water partition coefficient (Wildman–Crippen LogP) is 0.224. The summed E-state index contributed by atoms with van der Waals surface area (Å²) in [5, 5.41) is 26.9. The first-order valence-corrected chi connectivity index (χ1v) is 5.34. The molecule has 0 aliphatic rings. The summed E-state index contributed by atoms with van der Waals surface area (Å²) in [7, 11) is 0. The van der Waals surface area contributed by atoms with Crippen molar-refractivity contribution >= 4 is 23.4 Å². The zero-order valence-corrected chi connectivity index (χ0v) is 9.76. The van der Waals surface area contributed by atoms with E-state index in [0.717, 1.165) is 0 Å². The van der Waals surface area contributed by atoms with Gasteiger partial charge in [-0.15, -0.1) is 0 Å². The van der Waals surface area contributed by atoms with Crippen molar-refractivity contribution in [2.75, 3.05) is 31.2 Å². The Hall–Kier alpha value is -1.37. The Morgan fingerprint density at radius 3 is 2.35 bits per heavy atom. The fourth-order valence-electron chi connectivity index (χ4n) is 1.40. The van der Waals surface area contributed by atoms with Gasteiger partial charge in [0.15, 0.2) is 0 Å². The van der Waals surface area contributed by atoms with Crippen molar-refractivity contribution in [2.45, 2.75) is 0 Å². The molecule has 6 nitrogen and oxygen atoms in total. The van der Waals surface area contributed by atoms with Crippen LogP contribution in [0.4, 0.5) is 5.82 Å². The van der Waals surface area contributed by atoms with E-state index in [1.54, 1.807) is 0 Å². The van der Waals surface area contributed by atoms with Crippen LogP contribution in [-0.4, -0.2) is 52.6 Å². The van der Waals surface area contributed by atoms with Crippen LogP contribution in [0, 0.1) is 0 Å². The van der Waals surface area contributed by atoms with Gasteiger partial charge in [0, 0.05) is 13.1 Å². The highest BCUT2D eigenvalue weighted by atomic mass is 35.5. The number of aliphatic hydroxyl groups excluding tert-OH is 2. The lowest BCUT2D eigenvalue weighted by Crippen LogP contribution is -2.32. The van der Waals surface area contributed by atoms with Crippen molar-refractivity contribution < 1.29 is 20.1 Å². The molecule has 0 atom stereocenters. The molecular formula is C10H13ClN2O4. The number of pyridine rings is 1. The summed E-state index contributed by atoms with van der Waals surface area (Å²) < 4.78 is 0. The first-order chi connectivity index (χ1) is 8.10. The SMILES string of the molecule is O=C(O)c1ccc(Cl)nc1N(CCO)CCO. The third-order valence-corrected chi connectivity index (χ3v) is 2.32. The van der Waals surface area contributed by atoms with Crippen LogP contribution in [0.5, 0.6) is 0 Å². The zero-order valence-electron chi connectivity index (χ0n) is 9.01. The lowest BCUT2D eigenvalue weighted by molar-refractivity contribution is 0.0697. The monoisotopic (exact) mass is 260 g/mol. The smallest absolute Gasteiger partial charge is 0.339 e. The maximum absolute atomic E-state index is 11.0. The van der Waals surface area contributed by atoms with E-state index < -0.39 is 5.97 Å². The Morgan fingerprint density at radius 2 is 1.88 bits per heavy atom. The summed E-state index contributed by atoms with van der Waals surface area (Å²) in [4.78, 5) is 16.4. The molecule has 1 aromatic heterocycles. The van der Waals surface area contributed by atoms with Crippen LogP contribution < -0.4 is 4.90 Å². The van der Waals surface area contributed by atoms with E-state index in [9.17, 15) is 4.79 Å². The van der Waals surface area contributed by atoms with Gasteiger partial charge in [0.05, 0.1) is 13.2 Å². The molecule has 7 heteroatoms. The van der Waals surface area contributed by atoms with Crippen molar-refractivity contribution in [3.8, 4) is 0 Å². The minimum Gasteiger partial charge on any atom is -0.478 e. The first-order valence-electron chi connectivity index (χ1n) is 4.96. The van der Waals surface area contributed by atoms with Gasteiger partial charge < -0.3 is 20.2 Å². The highest BCUT2D eigenvalue weighted by Crippen LogP contribution is 2.20. The van der Waals surface area contributed by atoms with Gasteiger partial charge in [-0.3, -0.25) is 0 Å². The summed E-state index contributed by atoms with van der Waals surface area (Å²) in [5.41, 5.74) is -0.0173. The fraction of sp³-hybridized carbons (Fsp3) is 0.400. The number of anilines is 1. The van der Waals surface area contributed by atoms with Gasteiger partial charge in [0.25, 0.3) is 0 Å². The number of carbonyl (C=O) groups is 1. The first kappa shape index (κ1) is 13.7. The number of carboxylic acids is 1. The minimum absolute atomic E-state index is 0.0173. The van der Waals surface area contributed by atoms with E-state index in [2.05, 4.69) is 4.98 Å². The minimum atomic E-state index is -1.13. The Kier molecular flexibility index (Phi) is 5.14. The van der Waals surface area contributed by atoms with Crippen molar-refractivity contribution in [1.82, 2.24) is 4.98 Å². The number of aromatic carboxylic acids is 1. The fourth-order valence-corrected chi connectivity index (χ4v) is 1.54. The molecule has 0 fully saturated rings. The zero-order chi connectivity index (χ0) is 12.8. The number of rotatable bonds is 6. The van der Waals surface area contributed by atoms with E-state index in [0.29, 0.717) is 0 Å². The molecule has 0 saturated heterocycles. The molecule has 0 saturated carbocycles. The standard InChI is InChI=1S/C10H13ClN2O4/c11-8-2-1-7(10(16)17)9(12-8)13(3-5-14)4-6-15/h1-2,14-15H,3-6H2,(H,16,17). The third-order valence-electron chi connectivity index (χ3n) is 2.11. The quantitative estimate of drug-likeness (QED) is 0.634. The number of carboxylic acid groups (broad SMARTS) is 1. The van der Waals surface area contributed by atoms with Crippen molar-refractivity contribution in [3.63, 3.8) is 0 Å². The Balaban J connectivity index is 3.14. The highest BCUT2D eigenvalue weighted by molar-refractivity contribution is 6.29.